The molecule has 3 N–H and O–H groups in total. The second kappa shape index (κ2) is 7.41. The fourth-order valence-corrected chi connectivity index (χ4v) is 2.80. The van der Waals surface area contributed by atoms with Crippen LogP contribution in [0.5, 0.6) is 0 Å². The van der Waals surface area contributed by atoms with Crippen molar-refractivity contribution in [3.63, 3.8) is 0 Å². The van der Waals surface area contributed by atoms with E-state index < -0.39 is 4.92 Å². The van der Waals surface area contributed by atoms with E-state index in [9.17, 15) is 14.9 Å². The number of amides is 1. The summed E-state index contributed by atoms with van der Waals surface area (Å²) in [6.07, 6.45) is 4.13. The first kappa shape index (κ1) is 17.2. The van der Waals surface area contributed by atoms with Crippen LogP contribution in [0, 0.1) is 17.0 Å². The van der Waals surface area contributed by atoms with Crippen LogP contribution < -0.4 is 11.1 Å². The highest BCUT2D eigenvalue weighted by atomic mass is 16.6. The van der Waals surface area contributed by atoms with Crippen molar-refractivity contribution in [1.82, 2.24) is 5.32 Å². The smallest absolute Gasteiger partial charge is 0.293 e. The molecule has 1 aromatic rings. The Hall–Kier alpha value is -2.15. The molecule has 0 aromatic heterocycles. The number of hydrogen-bond acceptors (Lipinski definition) is 5. The normalized spacial score (nSPS) is 18.6. The van der Waals surface area contributed by atoms with Crippen LogP contribution in [0.4, 0.5) is 11.4 Å². The number of nitrogens with one attached hydrogen (secondary N) is 1. The Kier molecular flexibility index (Phi) is 5.54. The van der Waals surface area contributed by atoms with Crippen LogP contribution in [-0.2, 0) is 4.74 Å². The van der Waals surface area contributed by atoms with Crippen LogP contribution in [0.15, 0.2) is 12.1 Å². The topological polar surface area (TPSA) is 107 Å². The van der Waals surface area contributed by atoms with E-state index >= 15 is 0 Å². The SMILES string of the molecule is Cc1cc(C(=O)N[C@H](C)CC[C@H]2CCCO2)c(N)c([N+](=O)[O-])c1. The van der Waals surface area contributed by atoms with E-state index in [0.29, 0.717) is 5.56 Å². The number of aryl methyl sites for hydroxylation is 1. The van der Waals surface area contributed by atoms with Gasteiger partial charge in [-0.25, -0.2) is 0 Å². The number of carbonyl (C=O) groups excluding carboxylic acids is 1. The zero-order valence-electron chi connectivity index (χ0n) is 13.5. The van der Waals surface area contributed by atoms with Gasteiger partial charge in [0.1, 0.15) is 5.69 Å². The third-order valence-corrected chi connectivity index (χ3v) is 4.07. The molecule has 7 heteroatoms. The summed E-state index contributed by atoms with van der Waals surface area (Å²) < 4.78 is 5.56. The minimum Gasteiger partial charge on any atom is -0.393 e. The Morgan fingerprint density at radius 3 is 2.91 bits per heavy atom. The van der Waals surface area contributed by atoms with Crippen molar-refractivity contribution < 1.29 is 14.5 Å². The van der Waals surface area contributed by atoms with E-state index in [1.54, 1.807) is 13.0 Å². The molecule has 7 nitrogen and oxygen atoms in total. The summed E-state index contributed by atoms with van der Waals surface area (Å²) in [5, 5.41) is 13.9. The number of nitro benzene ring substituents is 1. The van der Waals surface area contributed by atoms with Crippen molar-refractivity contribution in [3.05, 3.63) is 33.4 Å². The summed E-state index contributed by atoms with van der Waals surface area (Å²) in [4.78, 5) is 22.8. The second-order valence-corrected chi connectivity index (χ2v) is 6.09. The standard InChI is InChI=1S/C16H23N3O4/c1-10-8-13(15(17)14(9-10)19(21)22)16(20)18-11(2)5-6-12-4-3-7-23-12/h8-9,11-12H,3-7,17H2,1-2H3,(H,18,20)/t11-,12-/m1/s1. The lowest BCUT2D eigenvalue weighted by molar-refractivity contribution is -0.384. The average molecular weight is 321 g/mol. The molecule has 0 unspecified atom stereocenters. The summed E-state index contributed by atoms with van der Waals surface area (Å²) >= 11 is 0. The van der Waals surface area contributed by atoms with Gasteiger partial charge < -0.3 is 15.8 Å². The number of carbonyl (C=O) groups is 1. The lowest BCUT2D eigenvalue weighted by Crippen LogP contribution is -2.33. The lowest BCUT2D eigenvalue weighted by Gasteiger charge is -2.17. The predicted octanol–water partition coefficient (Wildman–Crippen LogP) is 2.56. The minimum atomic E-state index is -0.569. The van der Waals surface area contributed by atoms with Crippen molar-refractivity contribution >= 4 is 17.3 Å². The maximum absolute atomic E-state index is 12.4. The van der Waals surface area contributed by atoms with Crippen LogP contribution in [-0.4, -0.2) is 29.6 Å². The van der Waals surface area contributed by atoms with Crippen LogP contribution in [0.1, 0.15) is 48.5 Å². The Balaban J connectivity index is 2.00. The fraction of sp³-hybridized carbons (Fsp3) is 0.562. The molecule has 1 aliphatic rings. The maximum Gasteiger partial charge on any atom is 0.293 e. The monoisotopic (exact) mass is 321 g/mol. The molecular weight excluding hydrogens is 298 g/mol. The zero-order chi connectivity index (χ0) is 17.0. The molecule has 0 bridgehead atoms. The number of nitrogens with zero attached hydrogens (tertiary/aromatic N) is 1. The predicted molar refractivity (Wildman–Crippen MR) is 87.4 cm³/mol. The van der Waals surface area contributed by atoms with Gasteiger partial charge in [-0.2, -0.15) is 0 Å². The minimum absolute atomic E-state index is 0.0503. The molecule has 1 heterocycles. The van der Waals surface area contributed by atoms with Crippen LogP contribution in [0.3, 0.4) is 0 Å². The first-order valence-corrected chi connectivity index (χ1v) is 7.85. The number of rotatable bonds is 6. The molecule has 1 amide bonds. The number of nitro groups is 1. The van der Waals surface area contributed by atoms with Gasteiger partial charge in [0.25, 0.3) is 11.6 Å². The molecule has 0 spiro atoms. The van der Waals surface area contributed by atoms with E-state index in [-0.39, 0.29) is 35.0 Å². The lowest BCUT2D eigenvalue weighted by atomic mass is 10.0. The Morgan fingerprint density at radius 1 is 1.57 bits per heavy atom. The van der Waals surface area contributed by atoms with Crippen molar-refractivity contribution in [2.45, 2.75) is 51.7 Å². The molecule has 1 aliphatic heterocycles. The molecular formula is C16H23N3O4. The van der Waals surface area contributed by atoms with E-state index in [1.165, 1.54) is 6.07 Å². The van der Waals surface area contributed by atoms with E-state index in [0.717, 1.165) is 32.3 Å². The quantitative estimate of drug-likeness (QED) is 0.475. The van der Waals surface area contributed by atoms with Gasteiger partial charge in [0.05, 0.1) is 16.6 Å². The Labute approximate surface area is 135 Å². The van der Waals surface area contributed by atoms with Gasteiger partial charge in [-0.05, 0) is 51.2 Å². The highest BCUT2D eigenvalue weighted by Gasteiger charge is 2.22. The summed E-state index contributed by atoms with van der Waals surface area (Å²) in [5.41, 5.74) is 6.23. The molecule has 0 aliphatic carbocycles. The van der Waals surface area contributed by atoms with E-state index in [1.807, 2.05) is 6.92 Å². The molecule has 126 valence electrons. The van der Waals surface area contributed by atoms with Crippen molar-refractivity contribution in [2.24, 2.45) is 0 Å². The maximum atomic E-state index is 12.4. The zero-order valence-corrected chi connectivity index (χ0v) is 13.5. The number of anilines is 1. The van der Waals surface area contributed by atoms with Gasteiger partial charge in [-0.15, -0.1) is 0 Å². The van der Waals surface area contributed by atoms with Gasteiger partial charge in [0.2, 0.25) is 0 Å². The summed E-state index contributed by atoms with van der Waals surface area (Å²) in [5.74, 6) is -0.380. The van der Waals surface area contributed by atoms with Crippen LogP contribution in [0.2, 0.25) is 0 Å². The average Bonchev–Trinajstić information content (AvgIpc) is 3.00. The van der Waals surface area contributed by atoms with Gasteiger partial charge in [0, 0.05) is 18.7 Å². The number of nitrogens with two attached hydrogens (primary N) is 1. The number of benzene rings is 1. The van der Waals surface area contributed by atoms with E-state index in [2.05, 4.69) is 5.32 Å². The van der Waals surface area contributed by atoms with Crippen molar-refractivity contribution in [2.75, 3.05) is 12.3 Å². The number of nitrogen functional groups attached to an aromatic ring is 1. The molecule has 1 saturated heterocycles. The molecule has 0 radical (unpaired) electrons. The van der Waals surface area contributed by atoms with Gasteiger partial charge in [-0.1, -0.05) is 0 Å². The number of hydrogen-bond donors (Lipinski definition) is 2. The second-order valence-electron chi connectivity index (χ2n) is 6.09. The third kappa shape index (κ3) is 4.41. The molecule has 1 aromatic carbocycles. The highest BCUT2D eigenvalue weighted by Crippen LogP contribution is 2.27. The largest absolute Gasteiger partial charge is 0.393 e. The first-order chi connectivity index (χ1) is 10.9. The highest BCUT2D eigenvalue weighted by molar-refractivity contribution is 6.01. The molecule has 23 heavy (non-hydrogen) atoms. The molecule has 2 rings (SSSR count). The Morgan fingerprint density at radius 2 is 2.30 bits per heavy atom. The fourth-order valence-electron chi connectivity index (χ4n) is 2.80. The molecule has 2 atom stereocenters. The summed E-state index contributed by atoms with van der Waals surface area (Å²) in [6.45, 7) is 4.42. The molecule has 0 saturated carbocycles. The van der Waals surface area contributed by atoms with Crippen LogP contribution >= 0.6 is 0 Å². The van der Waals surface area contributed by atoms with Crippen LogP contribution in [0.25, 0.3) is 0 Å². The summed E-state index contributed by atoms with van der Waals surface area (Å²) in [6, 6.07) is 2.89. The van der Waals surface area contributed by atoms with Gasteiger partial charge >= 0.3 is 0 Å². The van der Waals surface area contributed by atoms with E-state index in [4.69, 9.17) is 10.5 Å². The Bertz CT molecular complexity index is 597. The first-order valence-electron chi connectivity index (χ1n) is 7.85. The number of ether oxygens (including phenoxy) is 1. The van der Waals surface area contributed by atoms with Gasteiger partial charge in [-0.3, -0.25) is 14.9 Å². The van der Waals surface area contributed by atoms with Crippen molar-refractivity contribution in [1.29, 1.82) is 0 Å². The summed E-state index contributed by atoms with van der Waals surface area (Å²) in [7, 11) is 0. The van der Waals surface area contributed by atoms with Gasteiger partial charge in [0.15, 0.2) is 0 Å². The third-order valence-electron chi connectivity index (χ3n) is 4.07. The van der Waals surface area contributed by atoms with Crippen molar-refractivity contribution in [3.8, 4) is 0 Å². The molecule has 1 fully saturated rings.